The van der Waals surface area contributed by atoms with E-state index in [1.807, 2.05) is 74.6 Å². The first-order valence-corrected chi connectivity index (χ1v) is 13.6. The minimum atomic E-state index is -0.472. The number of benzene rings is 3. The quantitative estimate of drug-likeness (QED) is 0.146. The predicted octanol–water partition coefficient (Wildman–Crippen LogP) is 5.92. The third-order valence-electron chi connectivity index (χ3n) is 6.08. The predicted molar refractivity (Wildman–Crippen MR) is 159 cm³/mol. The van der Waals surface area contributed by atoms with Gasteiger partial charge < -0.3 is 25.1 Å². The molecule has 4 rings (SSSR count). The van der Waals surface area contributed by atoms with E-state index in [9.17, 15) is 14.9 Å². The minimum absolute atomic E-state index is 0.0479. The lowest BCUT2D eigenvalue weighted by Gasteiger charge is -2.14. The Bertz CT molecular complexity index is 1590. The number of nitrogens with zero attached hydrogens (tertiary/aromatic N) is 1. The van der Waals surface area contributed by atoms with Crippen LogP contribution in [0.3, 0.4) is 0 Å². The smallest absolute Gasteiger partial charge is 0.262 e. The number of carbonyl (C=O) groups is 2. The second-order valence-electron chi connectivity index (χ2n) is 8.99. The van der Waals surface area contributed by atoms with Gasteiger partial charge in [0.1, 0.15) is 11.6 Å². The fourth-order valence-corrected chi connectivity index (χ4v) is 4.51. The summed E-state index contributed by atoms with van der Waals surface area (Å²) in [5.74, 6) is -0.0495. The Labute approximate surface area is 241 Å². The number of H-pyrrole nitrogens is 1. The van der Waals surface area contributed by atoms with Crippen LogP contribution >= 0.6 is 15.9 Å². The topological polar surface area (TPSA) is 116 Å². The number of para-hydroxylation sites is 1. The van der Waals surface area contributed by atoms with Crippen molar-refractivity contribution in [3.8, 4) is 17.6 Å². The molecule has 0 bridgehead atoms. The number of ether oxygens (including phenoxy) is 2. The second-order valence-corrected chi connectivity index (χ2v) is 9.85. The van der Waals surface area contributed by atoms with Gasteiger partial charge in [0.15, 0.2) is 18.1 Å². The number of hydrogen-bond acceptors (Lipinski definition) is 5. The monoisotopic (exact) mass is 600 g/mol. The van der Waals surface area contributed by atoms with Gasteiger partial charge in [-0.2, -0.15) is 5.26 Å². The number of aromatic amines is 1. The van der Waals surface area contributed by atoms with Crippen molar-refractivity contribution >= 4 is 50.4 Å². The van der Waals surface area contributed by atoms with E-state index in [1.54, 1.807) is 12.1 Å². The molecule has 0 unspecified atom stereocenters. The molecule has 1 aromatic heterocycles. The van der Waals surface area contributed by atoms with Crippen molar-refractivity contribution < 1.29 is 19.1 Å². The second kappa shape index (κ2) is 13.5. The first kappa shape index (κ1) is 28.5. The molecule has 40 heavy (non-hydrogen) atoms. The zero-order valence-corrected chi connectivity index (χ0v) is 23.8. The number of amides is 2. The molecule has 8 nitrogen and oxygen atoms in total. The maximum Gasteiger partial charge on any atom is 0.262 e. The van der Waals surface area contributed by atoms with Crippen LogP contribution in [-0.4, -0.2) is 36.6 Å². The summed E-state index contributed by atoms with van der Waals surface area (Å²) < 4.78 is 12.0. The Morgan fingerprint density at radius 3 is 2.58 bits per heavy atom. The average Bonchev–Trinajstić information content (AvgIpc) is 3.36. The molecule has 0 aliphatic carbocycles. The van der Waals surface area contributed by atoms with Gasteiger partial charge in [-0.25, -0.2) is 0 Å². The molecule has 204 valence electrons. The largest absolute Gasteiger partial charge is 0.490 e. The average molecular weight is 602 g/mol. The fraction of sp³-hybridized carbons (Fsp3) is 0.194. The molecule has 0 radical (unpaired) electrons. The lowest BCUT2D eigenvalue weighted by Crippen LogP contribution is -2.26. The van der Waals surface area contributed by atoms with E-state index < -0.39 is 5.91 Å². The van der Waals surface area contributed by atoms with Crippen LogP contribution in [0.1, 0.15) is 23.6 Å². The molecule has 3 aromatic carbocycles. The van der Waals surface area contributed by atoms with E-state index in [1.165, 1.54) is 6.08 Å². The number of anilines is 1. The molecule has 1 heterocycles. The number of fused-ring (bicyclic) bond motifs is 1. The van der Waals surface area contributed by atoms with Crippen molar-refractivity contribution in [3.05, 3.63) is 93.6 Å². The normalized spacial score (nSPS) is 11.1. The van der Waals surface area contributed by atoms with Crippen molar-refractivity contribution in [2.75, 3.05) is 25.1 Å². The SMILES string of the molecule is CCOc1cc(/C=C(/C#N)C(=O)NCCc2c[nH]c3ccccc23)c(Br)cc1OCC(=O)Nc1ccc(C)cc1. The van der Waals surface area contributed by atoms with Gasteiger partial charge in [0.05, 0.1) is 6.61 Å². The Hall–Kier alpha value is -4.55. The molecule has 2 amide bonds. The maximum atomic E-state index is 12.8. The summed E-state index contributed by atoms with van der Waals surface area (Å²) >= 11 is 3.48. The van der Waals surface area contributed by atoms with E-state index in [0.717, 1.165) is 22.0 Å². The number of carbonyl (C=O) groups excluding carboxylic acids is 2. The van der Waals surface area contributed by atoms with Crippen molar-refractivity contribution in [1.29, 1.82) is 5.26 Å². The molecule has 0 saturated heterocycles. The third kappa shape index (κ3) is 7.30. The first-order valence-electron chi connectivity index (χ1n) is 12.8. The zero-order chi connectivity index (χ0) is 28.5. The summed E-state index contributed by atoms with van der Waals surface area (Å²) in [5, 5.41) is 16.4. The number of nitriles is 1. The van der Waals surface area contributed by atoms with Gasteiger partial charge in [0.2, 0.25) is 0 Å². The highest BCUT2D eigenvalue weighted by atomic mass is 79.9. The molecule has 0 aliphatic heterocycles. The molecular weight excluding hydrogens is 572 g/mol. The van der Waals surface area contributed by atoms with E-state index in [2.05, 4.69) is 31.5 Å². The van der Waals surface area contributed by atoms with Crippen LogP contribution in [0.25, 0.3) is 17.0 Å². The summed E-state index contributed by atoms with van der Waals surface area (Å²) in [7, 11) is 0. The first-order chi connectivity index (χ1) is 19.4. The fourth-order valence-electron chi connectivity index (χ4n) is 4.07. The van der Waals surface area contributed by atoms with E-state index in [0.29, 0.717) is 46.8 Å². The summed E-state index contributed by atoms with van der Waals surface area (Å²) in [5.41, 5.74) is 4.41. The Morgan fingerprint density at radius 1 is 1.07 bits per heavy atom. The summed E-state index contributed by atoms with van der Waals surface area (Å²) in [6, 6.07) is 20.7. The van der Waals surface area contributed by atoms with Crippen molar-refractivity contribution in [2.24, 2.45) is 0 Å². The molecule has 4 aromatic rings. The zero-order valence-electron chi connectivity index (χ0n) is 22.2. The molecule has 0 spiro atoms. The van der Waals surface area contributed by atoms with Crippen LogP contribution in [0, 0.1) is 18.3 Å². The Morgan fingerprint density at radius 2 is 1.82 bits per heavy atom. The van der Waals surface area contributed by atoms with E-state index in [4.69, 9.17) is 9.47 Å². The van der Waals surface area contributed by atoms with E-state index in [-0.39, 0.29) is 18.1 Å². The lowest BCUT2D eigenvalue weighted by molar-refractivity contribution is -0.118. The number of rotatable bonds is 11. The molecule has 0 fully saturated rings. The van der Waals surface area contributed by atoms with Gasteiger partial charge in [-0.1, -0.05) is 51.8 Å². The number of aromatic nitrogens is 1. The molecule has 0 aliphatic rings. The minimum Gasteiger partial charge on any atom is -0.490 e. The maximum absolute atomic E-state index is 12.8. The number of aryl methyl sites for hydroxylation is 1. The van der Waals surface area contributed by atoms with Crippen LogP contribution < -0.4 is 20.1 Å². The number of nitrogens with one attached hydrogen (secondary N) is 3. The van der Waals surface area contributed by atoms with Crippen LogP contribution in [0.2, 0.25) is 0 Å². The summed E-state index contributed by atoms with van der Waals surface area (Å²) in [6.07, 6.45) is 4.04. The van der Waals surface area contributed by atoms with Crippen LogP contribution in [0.15, 0.2) is 76.9 Å². The molecular formula is C31H29BrN4O4. The van der Waals surface area contributed by atoms with Crippen LogP contribution in [0.5, 0.6) is 11.5 Å². The summed E-state index contributed by atoms with van der Waals surface area (Å²) in [6.45, 7) is 4.31. The van der Waals surface area contributed by atoms with Crippen LogP contribution in [0.4, 0.5) is 5.69 Å². The number of halogens is 1. The van der Waals surface area contributed by atoms with Gasteiger partial charge in [-0.05, 0) is 67.8 Å². The molecule has 3 N–H and O–H groups in total. The lowest BCUT2D eigenvalue weighted by atomic mass is 10.1. The van der Waals surface area contributed by atoms with Gasteiger partial charge in [0.25, 0.3) is 11.8 Å². The summed E-state index contributed by atoms with van der Waals surface area (Å²) in [4.78, 5) is 28.4. The highest BCUT2D eigenvalue weighted by Crippen LogP contribution is 2.35. The Kier molecular flexibility index (Phi) is 9.60. The van der Waals surface area contributed by atoms with Gasteiger partial charge >= 0.3 is 0 Å². The van der Waals surface area contributed by atoms with Crippen molar-refractivity contribution in [3.63, 3.8) is 0 Å². The Balaban J connectivity index is 1.41. The standard InChI is InChI=1S/C31H29BrN4O4/c1-3-39-28-15-22(26(32)16-29(28)40-19-30(37)36-24-10-8-20(2)9-11-24)14-23(17-33)31(38)34-13-12-21-18-35-27-7-5-4-6-25(21)27/h4-11,14-16,18,35H,3,12-13,19H2,1-2H3,(H,34,38)(H,36,37)/b23-14-. The molecule has 0 saturated carbocycles. The molecule has 9 heteroatoms. The van der Waals surface area contributed by atoms with Crippen LogP contribution in [-0.2, 0) is 16.0 Å². The van der Waals surface area contributed by atoms with Crippen molar-refractivity contribution in [1.82, 2.24) is 10.3 Å². The molecule has 0 atom stereocenters. The highest BCUT2D eigenvalue weighted by Gasteiger charge is 2.15. The van der Waals surface area contributed by atoms with Gasteiger partial charge in [-0.15, -0.1) is 0 Å². The van der Waals surface area contributed by atoms with Crippen molar-refractivity contribution in [2.45, 2.75) is 20.3 Å². The van der Waals surface area contributed by atoms with Gasteiger partial charge in [-0.3, -0.25) is 9.59 Å². The highest BCUT2D eigenvalue weighted by molar-refractivity contribution is 9.10. The van der Waals surface area contributed by atoms with Gasteiger partial charge in [0, 0.05) is 33.8 Å². The number of hydrogen-bond donors (Lipinski definition) is 3. The third-order valence-corrected chi connectivity index (χ3v) is 6.76. The van der Waals surface area contributed by atoms with E-state index >= 15 is 0 Å².